The minimum Gasteiger partial charge on any atom is -0.505 e. The number of aromatic hydroxyl groups is 1. The Bertz CT molecular complexity index is 1120. The van der Waals surface area contributed by atoms with Gasteiger partial charge in [0.15, 0.2) is 11.6 Å². The Balaban J connectivity index is 1.42. The highest BCUT2D eigenvalue weighted by molar-refractivity contribution is 5.90. The Kier molecular flexibility index (Phi) is 5.90. The predicted octanol–water partition coefficient (Wildman–Crippen LogP) is 3.22. The van der Waals surface area contributed by atoms with E-state index < -0.39 is 5.82 Å². The van der Waals surface area contributed by atoms with Gasteiger partial charge >= 0.3 is 0 Å². The van der Waals surface area contributed by atoms with Crippen LogP contribution in [0, 0.1) is 5.82 Å². The second-order valence-electron chi connectivity index (χ2n) is 8.05. The zero-order chi connectivity index (χ0) is 22.0. The van der Waals surface area contributed by atoms with Crippen molar-refractivity contribution in [3.63, 3.8) is 0 Å². The van der Waals surface area contributed by atoms with Gasteiger partial charge < -0.3 is 20.1 Å². The number of fused-ring (bicyclic) bond motifs is 1. The van der Waals surface area contributed by atoms with Crippen molar-refractivity contribution in [1.82, 2.24) is 20.4 Å². The predicted molar refractivity (Wildman–Crippen MR) is 116 cm³/mol. The van der Waals surface area contributed by atoms with E-state index in [4.69, 9.17) is 4.74 Å². The number of aromatic amines is 1. The number of H-pyrrole nitrogens is 1. The molecule has 4 rings (SSSR count). The molecule has 3 N–H and O–H groups in total. The molecule has 1 aliphatic carbocycles. The van der Waals surface area contributed by atoms with E-state index in [-0.39, 0.29) is 23.8 Å². The van der Waals surface area contributed by atoms with E-state index in [2.05, 4.69) is 15.5 Å². The molecule has 3 aromatic rings. The number of benzene rings is 2. The van der Waals surface area contributed by atoms with Crippen LogP contribution in [0.4, 0.5) is 4.39 Å². The Labute approximate surface area is 179 Å². The maximum Gasteiger partial charge on any atom is 0.243 e. The summed E-state index contributed by atoms with van der Waals surface area (Å²) in [6.45, 7) is 0.714. The molecule has 0 bridgehead atoms. The zero-order valence-corrected chi connectivity index (χ0v) is 17.4. The molecule has 1 heterocycles. The molecule has 0 radical (unpaired) electrons. The summed E-state index contributed by atoms with van der Waals surface area (Å²) in [5.41, 5.74) is 2.15. The van der Waals surface area contributed by atoms with E-state index in [1.54, 1.807) is 18.3 Å². The minimum absolute atomic E-state index is 0.0269. The van der Waals surface area contributed by atoms with Crippen molar-refractivity contribution in [1.29, 1.82) is 0 Å². The van der Waals surface area contributed by atoms with Crippen LogP contribution in [0.2, 0.25) is 0 Å². The van der Waals surface area contributed by atoms with Crippen LogP contribution in [0.25, 0.3) is 22.0 Å². The van der Waals surface area contributed by atoms with Gasteiger partial charge in [0, 0.05) is 31.5 Å². The van der Waals surface area contributed by atoms with Gasteiger partial charge in [-0.25, -0.2) is 4.39 Å². The number of aromatic nitrogens is 2. The first-order valence-corrected chi connectivity index (χ1v) is 10.1. The fourth-order valence-corrected chi connectivity index (χ4v) is 3.55. The summed E-state index contributed by atoms with van der Waals surface area (Å²) < 4.78 is 20.0. The number of ether oxygens (including phenoxy) is 1. The molecule has 1 saturated carbocycles. The lowest BCUT2D eigenvalue weighted by molar-refractivity contribution is -0.118. The van der Waals surface area contributed by atoms with Crippen LogP contribution in [-0.4, -0.2) is 58.9 Å². The number of carbonyl (C=O) groups is 1. The molecular formula is C23H25FN4O3. The number of nitrogens with one attached hydrogen (secondary N) is 2. The van der Waals surface area contributed by atoms with Crippen molar-refractivity contribution < 1.29 is 19.0 Å². The summed E-state index contributed by atoms with van der Waals surface area (Å²) in [5.74, 6) is -0.516. The molecule has 8 heteroatoms. The number of halogens is 1. The number of carbonyl (C=O) groups excluding carboxylic acids is 1. The van der Waals surface area contributed by atoms with Crippen molar-refractivity contribution in [3.8, 4) is 22.6 Å². The smallest absolute Gasteiger partial charge is 0.243 e. The quantitative estimate of drug-likeness (QED) is 0.507. The molecule has 0 atom stereocenters. The molecule has 162 valence electrons. The number of likely N-dealkylation sites (N-methyl/N-ethyl adjacent to an activating group) is 1. The summed E-state index contributed by atoms with van der Waals surface area (Å²) in [6.07, 6.45) is 6.48. The van der Waals surface area contributed by atoms with E-state index in [1.165, 1.54) is 12.1 Å². The van der Waals surface area contributed by atoms with Crippen LogP contribution in [-0.2, 0) is 4.79 Å². The van der Waals surface area contributed by atoms with Crippen molar-refractivity contribution in [2.75, 3.05) is 20.6 Å². The third-order valence-electron chi connectivity index (χ3n) is 5.28. The number of hydrogen-bond acceptors (Lipinski definition) is 5. The monoisotopic (exact) mass is 424 g/mol. The second-order valence-corrected chi connectivity index (χ2v) is 8.05. The van der Waals surface area contributed by atoms with Gasteiger partial charge in [0.25, 0.3) is 0 Å². The van der Waals surface area contributed by atoms with Crippen molar-refractivity contribution in [3.05, 3.63) is 54.5 Å². The number of amides is 1. The zero-order valence-electron chi connectivity index (χ0n) is 17.4. The third kappa shape index (κ3) is 4.86. The fraction of sp³-hybridized carbons (Fsp3) is 0.304. The molecule has 1 amide bonds. The first-order valence-electron chi connectivity index (χ1n) is 10.1. The maximum absolute atomic E-state index is 13.8. The highest BCUT2D eigenvalue weighted by atomic mass is 19.1. The number of nitrogens with zero attached hydrogens (tertiary/aromatic N) is 2. The maximum atomic E-state index is 13.8. The van der Waals surface area contributed by atoms with Crippen LogP contribution in [0.5, 0.6) is 11.5 Å². The van der Waals surface area contributed by atoms with Crippen LogP contribution in [0.15, 0.2) is 48.7 Å². The van der Waals surface area contributed by atoms with E-state index >= 15 is 0 Å². The molecule has 0 spiro atoms. The molecule has 0 aliphatic heterocycles. The average Bonchev–Trinajstić information content (AvgIpc) is 3.17. The number of hydrogen-bond donors (Lipinski definition) is 3. The van der Waals surface area contributed by atoms with Crippen molar-refractivity contribution >= 4 is 16.8 Å². The standard InChI is InChI=1S/C23H25FN4O3/c1-28(2)7-3-4-23(30)26-16-11-17(12-16)31-22-10-15(9-20-18(22)13-25-27-20)14-5-6-21(29)19(24)8-14/h3-6,8-10,13,16-17,29H,7,11-12H2,1-2H3,(H,25,27)(H,26,30)/b4-3+. The summed E-state index contributed by atoms with van der Waals surface area (Å²) in [6, 6.07) is 8.06. The van der Waals surface area contributed by atoms with Crippen molar-refractivity contribution in [2.45, 2.75) is 25.0 Å². The largest absolute Gasteiger partial charge is 0.505 e. The Morgan fingerprint density at radius 2 is 2.13 bits per heavy atom. The molecule has 0 unspecified atom stereocenters. The highest BCUT2D eigenvalue weighted by Gasteiger charge is 2.32. The van der Waals surface area contributed by atoms with E-state index in [9.17, 15) is 14.3 Å². The normalized spacial score (nSPS) is 18.5. The van der Waals surface area contributed by atoms with Crippen LogP contribution in [0.3, 0.4) is 0 Å². The van der Waals surface area contributed by atoms with Gasteiger partial charge in [-0.2, -0.15) is 5.10 Å². The fourth-order valence-electron chi connectivity index (χ4n) is 3.55. The highest BCUT2D eigenvalue weighted by Crippen LogP contribution is 2.35. The Morgan fingerprint density at radius 1 is 1.32 bits per heavy atom. The van der Waals surface area contributed by atoms with Gasteiger partial charge in [0.2, 0.25) is 5.91 Å². The first-order chi connectivity index (χ1) is 14.9. The Morgan fingerprint density at radius 3 is 2.87 bits per heavy atom. The molecule has 31 heavy (non-hydrogen) atoms. The van der Waals surface area contributed by atoms with Crippen LogP contribution in [0.1, 0.15) is 12.8 Å². The lowest BCUT2D eigenvalue weighted by Crippen LogP contribution is -2.48. The topological polar surface area (TPSA) is 90.5 Å². The van der Waals surface area contributed by atoms with Gasteiger partial charge in [0.05, 0.1) is 17.1 Å². The molecular weight excluding hydrogens is 399 g/mol. The van der Waals surface area contributed by atoms with Crippen molar-refractivity contribution in [2.24, 2.45) is 0 Å². The molecule has 2 aromatic carbocycles. The molecule has 0 saturated heterocycles. The lowest BCUT2D eigenvalue weighted by Gasteiger charge is -2.35. The number of phenols is 1. The van der Waals surface area contributed by atoms with E-state index in [1.807, 2.05) is 37.2 Å². The summed E-state index contributed by atoms with van der Waals surface area (Å²) >= 11 is 0. The molecule has 1 aromatic heterocycles. The van der Waals surface area contributed by atoms with Crippen LogP contribution < -0.4 is 10.1 Å². The van der Waals surface area contributed by atoms with Gasteiger partial charge in [0.1, 0.15) is 11.9 Å². The second kappa shape index (κ2) is 8.77. The first kappa shape index (κ1) is 20.9. The van der Waals surface area contributed by atoms with E-state index in [0.29, 0.717) is 30.7 Å². The third-order valence-corrected chi connectivity index (χ3v) is 5.28. The minimum atomic E-state index is -0.679. The van der Waals surface area contributed by atoms with Gasteiger partial charge in [-0.3, -0.25) is 9.89 Å². The van der Waals surface area contributed by atoms with Gasteiger partial charge in [-0.05, 0) is 49.5 Å². The van der Waals surface area contributed by atoms with E-state index in [0.717, 1.165) is 16.5 Å². The Hall–Kier alpha value is -3.39. The molecule has 1 aliphatic rings. The summed E-state index contributed by atoms with van der Waals surface area (Å²) in [5, 5.41) is 20.3. The van der Waals surface area contributed by atoms with Gasteiger partial charge in [-0.1, -0.05) is 12.1 Å². The summed E-state index contributed by atoms with van der Waals surface area (Å²) in [7, 11) is 3.89. The van der Waals surface area contributed by atoms with Gasteiger partial charge in [-0.15, -0.1) is 0 Å². The summed E-state index contributed by atoms with van der Waals surface area (Å²) in [4.78, 5) is 13.9. The SMILES string of the molecule is CN(C)C/C=C/C(=O)NC1CC(Oc2cc(-c3ccc(O)c(F)c3)cc3[nH]ncc23)C1. The number of rotatable bonds is 7. The molecule has 7 nitrogen and oxygen atoms in total. The lowest BCUT2D eigenvalue weighted by atomic mass is 9.89. The average molecular weight is 424 g/mol. The van der Waals surface area contributed by atoms with Crippen LogP contribution >= 0.6 is 0 Å². The number of phenolic OH excluding ortho intramolecular Hbond substituents is 1. The molecule has 1 fully saturated rings.